The normalized spacial score (nSPS) is 11.4. The Kier molecular flexibility index (Phi) is 7.09. The van der Waals surface area contributed by atoms with Crippen LogP contribution in [0.4, 0.5) is 0 Å². The fourth-order valence-electron chi connectivity index (χ4n) is 6.85. The second kappa shape index (κ2) is 11.5. The molecule has 227 valence electrons. The van der Waals surface area contributed by atoms with Crippen molar-refractivity contribution < 1.29 is 20.1 Å². The standard InChI is InChI=1S/C42H29N4.Ir/c1-27-12-16-31(17-13-27)45-40-19-15-30(38-11-4-6-21-44-38)24-34(40)36-25-35-33-22-28(2)14-18-39(33)46(42(35)26-41(36)45)32-9-7-8-29(23-32)37-10-3-5-20-43-37;/h3-7,9-26H,1-2H3;/q-1;. The summed E-state index contributed by atoms with van der Waals surface area (Å²) in [7, 11) is 0. The summed E-state index contributed by atoms with van der Waals surface area (Å²) in [6.07, 6.45) is 3.69. The summed E-state index contributed by atoms with van der Waals surface area (Å²) in [5.41, 5.74) is 13.3. The van der Waals surface area contributed by atoms with Crippen molar-refractivity contribution in [3.63, 3.8) is 0 Å². The van der Waals surface area contributed by atoms with Crippen molar-refractivity contribution in [3.8, 4) is 33.9 Å². The minimum Gasteiger partial charge on any atom is -0.327 e. The van der Waals surface area contributed by atoms with Crippen LogP contribution in [0.2, 0.25) is 0 Å². The van der Waals surface area contributed by atoms with Crippen LogP contribution in [-0.4, -0.2) is 19.1 Å². The quantitative estimate of drug-likeness (QED) is 0.167. The van der Waals surface area contributed by atoms with E-state index < -0.39 is 0 Å². The van der Waals surface area contributed by atoms with Gasteiger partial charge in [0.25, 0.3) is 0 Å². The van der Waals surface area contributed by atoms with E-state index in [0.717, 1.165) is 44.9 Å². The molecular weight excluding hydrogens is 753 g/mol. The molecule has 0 spiro atoms. The van der Waals surface area contributed by atoms with E-state index in [9.17, 15) is 0 Å². The molecule has 0 aliphatic carbocycles. The fourth-order valence-corrected chi connectivity index (χ4v) is 6.85. The van der Waals surface area contributed by atoms with Crippen LogP contribution in [0.5, 0.6) is 0 Å². The van der Waals surface area contributed by atoms with Crippen LogP contribution in [0.3, 0.4) is 0 Å². The first kappa shape index (κ1) is 29.1. The maximum atomic E-state index is 4.66. The maximum Gasteiger partial charge on any atom is 0.0702 e. The van der Waals surface area contributed by atoms with E-state index in [-0.39, 0.29) is 20.1 Å². The molecule has 0 aliphatic rings. The first-order valence-electron chi connectivity index (χ1n) is 15.6. The van der Waals surface area contributed by atoms with Crippen LogP contribution in [0.25, 0.3) is 77.5 Å². The number of pyridine rings is 2. The molecule has 9 aromatic rings. The van der Waals surface area contributed by atoms with Crippen molar-refractivity contribution in [3.05, 3.63) is 157 Å². The van der Waals surface area contributed by atoms with E-state index in [1.807, 2.05) is 48.8 Å². The average molecular weight is 782 g/mol. The molecule has 0 unspecified atom stereocenters. The maximum absolute atomic E-state index is 4.66. The average Bonchev–Trinajstić information content (AvgIpc) is 3.59. The topological polar surface area (TPSA) is 35.6 Å². The van der Waals surface area contributed by atoms with Gasteiger partial charge < -0.3 is 14.1 Å². The van der Waals surface area contributed by atoms with Gasteiger partial charge in [0.1, 0.15) is 0 Å². The van der Waals surface area contributed by atoms with Gasteiger partial charge in [-0.05, 0) is 92.0 Å². The predicted molar refractivity (Wildman–Crippen MR) is 190 cm³/mol. The zero-order valence-corrected chi connectivity index (χ0v) is 28.3. The molecule has 0 saturated carbocycles. The van der Waals surface area contributed by atoms with E-state index in [0.29, 0.717) is 0 Å². The fraction of sp³-hybridized carbons (Fsp3) is 0.0476. The number of aromatic nitrogens is 4. The van der Waals surface area contributed by atoms with E-state index in [2.05, 4.69) is 130 Å². The molecule has 4 aromatic heterocycles. The van der Waals surface area contributed by atoms with Crippen LogP contribution in [0, 0.1) is 19.9 Å². The first-order chi connectivity index (χ1) is 22.6. The zero-order chi connectivity index (χ0) is 30.8. The third kappa shape index (κ3) is 4.78. The van der Waals surface area contributed by atoms with Gasteiger partial charge in [-0.2, -0.15) is 0 Å². The molecule has 0 aliphatic heterocycles. The summed E-state index contributed by atoms with van der Waals surface area (Å²) in [5.74, 6) is 0. The van der Waals surface area contributed by atoms with E-state index in [1.54, 1.807) is 0 Å². The molecule has 0 amide bonds. The SMILES string of the molecule is Cc1ccc(-n2c3ccc(-c4ccccn4)cc3c3cc4c5cc(C)ccc5n(-c5cc[c-]c(-c6ccccn6)c5)c4cc32)cc1.[Ir]. The molecule has 0 bridgehead atoms. The molecule has 4 nitrogen and oxygen atoms in total. The van der Waals surface area contributed by atoms with Crippen molar-refractivity contribution in [1.29, 1.82) is 0 Å². The van der Waals surface area contributed by atoms with Gasteiger partial charge in [0.2, 0.25) is 0 Å². The van der Waals surface area contributed by atoms with Crippen molar-refractivity contribution in [2.24, 2.45) is 0 Å². The van der Waals surface area contributed by atoms with E-state index in [1.165, 1.54) is 43.7 Å². The largest absolute Gasteiger partial charge is 0.327 e. The summed E-state index contributed by atoms with van der Waals surface area (Å²) >= 11 is 0. The van der Waals surface area contributed by atoms with Crippen LogP contribution in [0.1, 0.15) is 11.1 Å². The number of rotatable bonds is 4. The summed E-state index contributed by atoms with van der Waals surface area (Å²) < 4.78 is 4.79. The Morgan fingerprint density at radius 3 is 1.81 bits per heavy atom. The monoisotopic (exact) mass is 782 g/mol. The minimum atomic E-state index is 0. The summed E-state index contributed by atoms with van der Waals surface area (Å²) in [5, 5.41) is 4.89. The summed E-state index contributed by atoms with van der Waals surface area (Å²) in [6.45, 7) is 4.30. The number of fused-ring (bicyclic) bond motifs is 6. The molecule has 1 radical (unpaired) electrons. The predicted octanol–water partition coefficient (Wildman–Crippen LogP) is 10.4. The van der Waals surface area contributed by atoms with Crippen molar-refractivity contribution in [2.75, 3.05) is 0 Å². The summed E-state index contributed by atoms with van der Waals surface area (Å²) in [4.78, 5) is 9.26. The minimum absolute atomic E-state index is 0. The first-order valence-corrected chi connectivity index (χ1v) is 15.6. The molecule has 0 saturated heterocycles. The van der Waals surface area contributed by atoms with Crippen molar-refractivity contribution in [1.82, 2.24) is 19.1 Å². The Bertz CT molecular complexity index is 2580. The number of nitrogens with zero attached hydrogens (tertiary/aromatic N) is 4. The smallest absolute Gasteiger partial charge is 0.0702 e. The number of aryl methyl sites for hydroxylation is 2. The summed E-state index contributed by atoms with van der Waals surface area (Å²) in [6, 6.07) is 48.9. The van der Waals surface area contributed by atoms with Gasteiger partial charge in [-0.25, -0.2) is 0 Å². The van der Waals surface area contributed by atoms with Crippen molar-refractivity contribution >= 4 is 43.6 Å². The third-order valence-corrected chi connectivity index (χ3v) is 9.04. The second-order valence-electron chi connectivity index (χ2n) is 12.0. The Balaban J connectivity index is 0.00000324. The molecule has 9 rings (SSSR count). The Labute approximate surface area is 286 Å². The molecule has 5 aromatic carbocycles. The van der Waals surface area contributed by atoms with Gasteiger partial charge in [0.15, 0.2) is 0 Å². The molecular formula is C42H29IrN4-. The number of hydrogen-bond acceptors (Lipinski definition) is 2. The van der Waals surface area contributed by atoms with Gasteiger partial charge in [0.05, 0.1) is 27.8 Å². The number of benzene rings is 5. The third-order valence-electron chi connectivity index (χ3n) is 9.04. The van der Waals surface area contributed by atoms with Crippen molar-refractivity contribution in [2.45, 2.75) is 13.8 Å². The Hall–Kier alpha value is -5.35. The zero-order valence-electron chi connectivity index (χ0n) is 25.9. The number of hydrogen-bond donors (Lipinski definition) is 0. The molecule has 0 atom stereocenters. The second-order valence-corrected chi connectivity index (χ2v) is 12.0. The van der Waals surface area contributed by atoms with E-state index in [4.69, 9.17) is 0 Å². The molecule has 47 heavy (non-hydrogen) atoms. The van der Waals surface area contributed by atoms with Gasteiger partial charge in [-0.3, -0.25) is 4.98 Å². The van der Waals surface area contributed by atoms with Gasteiger partial charge in [0, 0.05) is 65.3 Å². The molecule has 5 heteroatoms. The molecule has 0 N–H and O–H groups in total. The molecule has 4 heterocycles. The van der Waals surface area contributed by atoms with Gasteiger partial charge in [-0.15, -0.1) is 29.8 Å². The van der Waals surface area contributed by atoms with Gasteiger partial charge in [-0.1, -0.05) is 53.6 Å². The van der Waals surface area contributed by atoms with Crippen LogP contribution in [0.15, 0.2) is 140 Å². The Morgan fingerprint density at radius 1 is 0.489 bits per heavy atom. The van der Waals surface area contributed by atoms with Crippen LogP contribution >= 0.6 is 0 Å². The van der Waals surface area contributed by atoms with Crippen LogP contribution < -0.4 is 0 Å². The Morgan fingerprint density at radius 2 is 1.11 bits per heavy atom. The van der Waals surface area contributed by atoms with Gasteiger partial charge >= 0.3 is 0 Å². The van der Waals surface area contributed by atoms with Crippen LogP contribution in [-0.2, 0) is 20.1 Å². The van der Waals surface area contributed by atoms with E-state index >= 15 is 0 Å². The molecule has 0 fully saturated rings.